The van der Waals surface area contributed by atoms with Crippen LogP contribution in [0.1, 0.15) is 11.1 Å². The van der Waals surface area contributed by atoms with Crippen molar-refractivity contribution in [2.75, 3.05) is 5.43 Å². The summed E-state index contributed by atoms with van der Waals surface area (Å²) in [4.78, 5) is 17.9. The van der Waals surface area contributed by atoms with E-state index in [9.17, 15) is 4.79 Å². The van der Waals surface area contributed by atoms with Crippen LogP contribution >= 0.6 is 15.9 Å². The molecule has 4 rings (SSSR count). The van der Waals surface area contributed by atoms with Crippen LogP contribution in [0.2, 0.25) is 0 Å². The molecule has 0 radical (unpaired) electrons. The van der Waals surface area contributed by atoms with Crippen LogP contribution in [-0.2, 0) is 6.54 Å². The second kappa shape index (κ2) is 7.37. The van der Waals surface area contributed by atoms with Crippen LogP contribution in [0.15, 0.2) is 82.1 Å². The molecule has 0 unspecified atom stereocenters. The Morgan fingerprint density at radius 1 is 1.00 bits per heavy atom. The van der Waals surface area contributed by atoms with Crippen molar-refractivity contribution in [3.63, 3.8) is 0 Å². The highest BCUT2D eigenvalue weighted by Gasteiger charge is 2.13. The molecule has 0 fully saturated rings. The van der Waals surface area contributed by atoms with Gasteiger partial charge >= 0.3 is 0 Å². The van der Waals surface area contributed by atoms with Gasteiger partial charge in [0, 0.05) is 10.0 Å². The first-order valence-electron chi connectivity index (χ1n) is 8.69. The van der Waals surface area contributed by atoms with Crippen molar-refractivity contribution in [1.82, 2.24) is 9.66 Å². The Morgan fingerprint density at radius 3 is 2.59 bits per heavy atom. The van der Waals surface area contributed by atoms with Crippen molar-refractivity contribution in [3.8, 4) is 11.4 Å². The predicted molar refractivity (Wildman–Crippen MR) is 113 cm³/mol. The summed E-state index contributed by atoms with van der Waals surface area (Å²) in [6.07, 6.45) is 0. The SMILES string of the molecule is Cc1cccc(-c2nc3ccccc3c(=O)n2NCc2ccccc2Br)c1. The van der Waals surface area contributed by atoms with Gasteiger partial charge in [0.15, 0.2) is 5.82 Å². The van der Waals surface area contributed by atoms with E-state index in [2.05, 4.69) is 21.4 Å². The molecule has 0 bridgehead atoms. The largest absolute Gasteiger partial charge is 0.317 e. The lowest BCUT2D eigenvalue weighted by atomic mass is 10.1. The lowest BCUT2D eigenvalue weighted by Crippen LogP contribution is -2.31. The van der Waals surface area contributed by atoms with Crippen LogP contribution in [-0.4, -0.2) is 9.66 Å². The van der Waals surface area contributed by atoms with Crippen LogP contribution in [0.5, 0.6) is 0 Å². The van der Waals surface area contributed by atoms with Crippen LogP contribution in [0.4, 0.5) is 0 Å². The minimum absolute atomic E-state index is 0.107. The van der Waals surface area contributed by atoms with Gasteiger partial charge < -0.3 is 5.43 Å². The third-order valence-electron chi connectivity index (χ3n) is 4.44. The fraction of sp³-hybridized carbons (Fsp3) is 0.0909. The summed E-state index contributed by atoms with van der Waals surface area (Å²) in [7, 11) is 0. The van der Waals surface area contributed by atoms with Crippen molar-refractivity contribution in [2.45, 2.75) is 13.5 Å². The molecule has 4 nitrogen and oxygen atoms in total. The lowest BCUT2D eigenvalue weighted by Gasteiger charge is -2.16. The molecule has 1 aromatic heterocycles. The molecule has 0 aliphatic rings. The highest BCUT2D eigenvalue weighted by Crippen LogP contribution is 2.20. The quantitative estimate of drug-likeness (QED) is 0.512. The topological polar surface area (TPSA) is 46.9 Å². The number of hydrogen-bond acceptors (Lipinski definition) is 3. The Hall–Kier alpha value is -2.92. The maximum absolute atomic E-state index is 13.2. The normalized spacial score (nSPS) is 10.9. The number of aromatic nitrogens is 2. The molecule has 0 atom stereocenters. The average Bonchev–Trinajstić information content (AvgIpc) is 2.68. The van der Waals surface area contributed by atoms with Crippen molar-refractivity contribution in [1.29, 1.82) is 0 Å². The van der Waals surface area contributed by atoms with Gasteiger partial charge in [-0.15, -0.1) is 0 Å². The van der Waals surface area contributed by atoms with Crippen molar-refractivity contribution in [2.24, 2.45) is 0 Å². The van der Waals surface area contributed by atoms with Gasteiger partial charge in [0.2, 0.25) is 0 Å². The van der Waals surface area contributed by atoms with Gasteiger partial charge in [-0.05, 0) is 36.8 Å². The molecule has 5 heteroatoms. The molecular formula is C22H18BrN3O. The molecule has 27 heavy (non-hydrogen) atoms. The number of hydrogen-bond donors (Lipinski definition) is 1. The maximum atomic E-state index is 13.2. The molecule has 0 aliphatic heterocycles. The van der Waals surface area contributed by atoms with E-state index in [0.717, 1.165) is 21.2 Å². The smallest absolute Gasteiger partial charge is 0.280 e. The van der Waals surface area contributed by atoms with Gasteiger partial charge in [-0.1, -0.05) is 70.0 Å². The number of nitrogens with one attached hydrogen (secondary N) is 1. The van der Waals surface area contributed by atoms with Gasteiger partial charge in [0.1, 0.15) is 0 Å². The first kappa shape index (κ1) is 17.5. The molecule has 0 amide bonds. The fourth-order valence-corrected chi connectivity index (χ4v) is 3.49. The van der Waals surface area contributed by atoms with E-state index in [1.54, 1.807) is 10.7 Å². The van der Waals surface area contributed by atoms with Crippen molar-refractivity contribution in [3.05, 3.63) is 98.7 Å². The van der Waals surface area contributed by atoms with Gasteiger partial charge in [0.05, 0.1) is 17.4 Å². The van der Waals surface area contributed by atoms with Gasteiger partial charge in [0.25, 0.3) is 5.56 Å². The Morgan fingerprint density at radius 2 is 1.78 bits per heavy atom. The Labute approximate surface area is 165 Å². The summed E-state index contributed by atoms with van der Waals surface area (Å²) in [5.41, 5.74) is 6.93. The second-order valence-electron chi connectivity index (χ2n) is 6.39. The number of nitrogens with zero attached hydrogens (tertiary/aromatic N) is 2. The number of fused-ring (bicyclic) bond motifs is 1. The first-order chi connectivity index (χ1) is 13.1. The highest BCUT2D eigenvalue weighted by atomic mass is 79.9. The minimum Gasteiger partial charge on any atom is -0.317 e. The van der Waals surface area contributed by atoms with E-state index >= 15 is 0 Å². The summed E-state index contributed by atoms with van der Waals surface area (Å²) < 4.78 is 2.55. The standard InChI is InChI=1S/C22H18BrN3O/c1-15-7-6-9-16(13-15)21-25-20-12-5-3-10-18(20)22(27)26(21)24-14-17-8-2-4-11-19(17)23/h2-13,24H,14H2,1H3. The van der Waals surface area contributed by atoms with E-state index in [0.29, 0.717) is 23.3 Å². The van der Waals surface area contributed by atoms with Crippen LogP contribution in [0, 0.1) is 6.92 Å². The molecular weight excluding hydrogens is 402 g/mol. The van der Waals surface area contributed by atoms with E-state index < -0.39 is 0 Å². The van der Waals surface area contributed by atoms with Crippen LogP contribution < -0.4 is 11.0 Å². The van der Waals surface area contributed by atoms with Gasteiger partial charge in [-0.2, -0.15) is 0 Å². The van der Waals surface area contributed by atoms with E-state index in [-0.39, 0.29) is 5.56 Å². The molecule has 3 aromatic carbocycles. The third kappa shape index (κ3) is 3.51. The number of para-hydroxylation sites is 1. The Bertz CT molecular complexity index is 1180. The van der Waals surface area contributed by atoms with Crippen molar-refractivity contribution < 1.29 is 0 Å². The fourth-order valence-electron chi connectivity index (χ4n) is 3.06. The summed E-state index contributed by atoms with van der Waals surface area (Å²) in [6.45, 7) is 2.53. The second-order valence-corrected chi connectivity index (χ2v) is 7.24. The maximum Gasteiger partial charge on any atom is 0.280 e. The number of benzene rings is 3. The molecule has 134 valence electrons. The lowest BCUT2D eigenvalue weighted by molar-refractivity contribution is 0.799. The third-order valence-corrected chi connectivity index (χ3v) is 5.21. The first-order valence-corrected chi connectivity index (χ1v) is 9.49. The zero-order valence-electron chi connectivity index (χ0n) is 14.8. The summed E-state index contributed by atoms with van der Waals surface area (Å²) in [6, 6.07) is 23.4. The zero-order chi connectivity index (χ0) is 18.8. The van der Waals surface area contributed by atoms with E-state index in [1.165, 1.54) is 0 Å². The van der Waals surface area contributed by atoms with Crippen LogP contribution in [0.3, 0.4) is 0 Å². The molecule has 0 aliphatic carbocycles. The molecule has 4 aromatic rings. The zero-order valence-corrected chi connectivity index (χ0v) is 16.4. The number of rotatable bonds is 4. The summed E-state index contributed by atoms with van der Waals surface area (Å²) >= 11 is 3.56. The number of aryl methyl sites for hydroxylation is 1. The highest BCUT2D eigenvalue weighted by molar-refractivity contribution is 9.10. The van der Waals surface area contributed by atoms with E-state index in [1.807, 2.05) is 73.7 Å². The Kier molecular flexibility index (Phi) is 4.77. The molecule has 0 saturated carbocycles. The molecule has 1 N–H and O–H groups in total. The summed E-state index contributed by atoms with van der Waals surface area (Å²) in [5.74, 6) is 0.606. The Balaban J connectivity index is 1.86. The molecule has 0 saturated heterocycles. The molecule has 1 heterocycles. The molecule has 0 spiro atoms. The van der Waals surface area contributed by atoms with E-state index in [4.69, 9.17) is 4.98 Å². The monoisotopic (exact) mass is 419 g/mol. The minimum atomic E-state index is -0.107. The summed E-state index contributed by atoms with van der Waals surface area (Å²) in [5, 5.41) is 0.591. The predicted octanol–water partition coefficient (Wildman–Crippen LogP) is 4.88. The van der Waals surface area contributed by atoms with Crippen LogP contribution in [0.25, 0.3) is 22.3 Å². The van der Waals surface area contributed by atoms with Gasteiger partial charge in [-0.25, -0.2) is 9.66 Å². The average molecular weight is 420 g/mol. The van der Waals surface area contributed by atoms with Crippen molar-refractivity contribution >= 4 is 26.8 Å². The van der Waals surface area contributed by atoms with Gasteiger partial charge in [-0.3, -0.25) is 4.79 Å². The number of halogens is 1.